The van der Waals surface area contributed by atoms with Crippen molar-refractivity contribution >= 4 is 10.0 Å². The highest BCUT2D eigenvalue weighted by atomic mass is 32.2. The van der Waals surface area contributed by atoms with E-state index in [9.17, 15) is 8.42 Å². The highest BCUT2D eigenvalue weighted by Crippen LogP contribution is 2.20. The fourth-order valence-electron chi connectivity index (χ4n) is 2.99. The smallest absolute Gasteiger partial charge is 0.243 e. The van der Waals surface area contributed by atoms with Gasteiger partial charge in [-0.1, -0.05) is 38.1 Å². The van der Waals surface area contributed by atoms with Crippen molar-refractivity contribution < 1.29 is 13.2 Å². The molecule has 28 heavy (non-hydrogen) atoms. The van der Waals surface area contributed by atoms with Crippen LogP contribution in [-0.4, -0.2) is 31.9 Å². The minimum Gasteiger partial charge on any atom is -0.491 e. The Balaban J connectivity index is 1.98. The minimum absolute atomic E-state index is 0.108. The van der Waals surface area contributed by atoms with Crippen molar-refractivity contribution in [3.05, 3.63) is 59.7 Å². The topological polar surface area (TPSA) is 58.6 Å². The molecule has 0 saturated carbocycles. The molecule has 0 aliphatic carbocycles. The first-order chi connectivity index (χ1) is 13.3. The molecule has 2 aromatic rings. The summed E-state index contributed by atoms with van der Waals surface area (Å²) in [7, 11) is -3.41. The van der Waals surface area contributed by atoms with Crippen LogP contribution in [0.2, 0.25) is 0 Å². The Bertz CT molecular complexity index is 827. The first kappa shape index (κ1) is 22.4. The number of nitrogens with zero attached hydrogens (tertiary/aromatic N) is 1. The third-order valence-electron chi connectivity index (χ3n) is 4.63. The van der Waals surface area contributed by atoms with Gasteiger partial charge in [0.25, 0.3) is 0 Å². The molecule has 0 fully saturated rings. The number of sulfonamides is 1. The summed E-state index contributed by atoms with van der Waals surface area (Å²) < 4.78 is 32.3. The molecule has 0 saturated heterocycles. The Hall–Kier alpha value is -1.89. The lowest BCUT2D eigenvalue weighted by Gasteiger charge is -2.19. The van der Waals surface area contributed by atoms with Gasteiger partial charge in [0, 0.05) is 25.7 Å². The van der Waals surface area contributed by atoms with Gasteiger partial charge in [-0.25, -0.2) is 8.42 Å². The van der Waals surface area contributed by atoms with Crippen LogP contribution in [0.15, 0.2) is 53.4 Å². The number of ether oxygens (including phenoxy) is 1. The molecule has 154 valence electrons. The van der Waals surface area contributed by atoms with Gasteiger partial charge < -0.3 is 10.1 Å². The van der Waals surface area contributed by atoms with Gasteiger partial charge in [0.05, 0.1) is 11.0 Å². The monoisotopic (exact) mass is 404 g/mol. The highest BCUT2D eigenvalue weighted by Gasteiger charge is 2.21. The van der Waals surface area contributed by atoms with E-state index in [1.807, 2.05) is 52.0 Å². The number of rotatable bonds is 10. The van der Waals surface area contributed by atoms with Crippen LogP contribution in [0.25, 0.3) is 0 Å². The summed E-state index contributed by atoms with van der Waals surface area (Å²) in [6, 6.07) is 15.3. The van der Waals surface area contributed by atoms with Gasteiger partial charge in [0.15, 0.2) is 0 Å². The molecule has 0 spiro atoms. The summed E-state index contributed by atoms with van der Waals surface area (Å²) in [6.45, 7) is 11.5. The maximum atomic E-state index is 12.6. The molecule has 5 nitrogen and oxygen atoms in total. The molecule has 2 rings (SSSR count). The predicted octanol–water partition coefficient (Wildman–Crippen LogP) is 4.36. The summed E-state index contributed by atoms with van der Waals surface area (Å²) in [4.78, 5) is 0.341. The Kier molecular flexibility index (Phi) is 8.04. The molecule has 0 heterocycles. The predicted molar refractivity (Wildman–Crippen MR) is 114 cm³/mol. The second-order valence-corrected chi connectivity index (χ2v) is 9.01. The van der Waals surface area contributed by atoms with Gasteiger partial charge in [0.1, 0.15) is 5.75 Å². The molecule has 1 atom stereocenters. The average molecular weight is 405 g/mol. The van der Waals surface area contributed by atoms with E-state index in [4.69, 9.17) is 4.74 Å². The van der Waals surface area contributed by atoms with Crippen LogP contribution in [0.4, 0.5) is 0 Å². The lowest BCUT2D eigenvalue weighted by Crippen LogP contribution is -2.30. The zero-order chi connectivity index (χ0) is 20.7. The maximum Gasteiger partial charge on any atom is 0.243 e. The molecule has 2 aromatic carbocycles. The summed E-state index contributed by atoms with van der Waals surface area (Å²) >= 11 is 0. The number of benzene rings is 2. The van der Waals surface area contributed by atoms with Crippen molar-refractivity contribution in [2.45, 2.75) is 58.2 Å². The Labute approximate surface area is 169 Å². The van der Waals surface area contributed by atoms with Crippen molar-refractivity contribution in [2.75, 3.05) is 13.1 Å². The van der Waals surface area contributed by atoms with E-state index >= 15 is 0 Å². The normalized spacial score (nSPS) is 13.1. The molecule has 0 radical (unpaired) electrons. The van der Waals surface area contributed by atoms with Crippen LogP contribution in [0.1, 0.15) is 51.8 Å². The lowest BCUT2D eigenvalue weighted by atomic mass is 10.1. The standard InChI is InChI=1S/C22H32N2O3S/c1-6-24(7-2)28(25,26)22-14-10-20(11-15-22)18(5)23-16-19-8-12-21(13-9-19)27-17(3)4/h8-15,17-18,23H,6-7,16H2,1-5H3. The first-order valence-corrected chi connectivity index (χ1v) is 11.3. The van der Waals surface area contributed by atoms with Crippen molar-refractivity contribution in [1.82, 2.24) is 9.62 Å². The van der Waals surface area contributed by atoms with E-state index in [1.54, 1.807) is 12.1 Å². The molecule has 6 heteroatoms. The molecule has 0 amide bonds. The van der Waals surface area contributed by atoms with Crippen LogP contribution >= 0.6 is 0 Å². The van der Waals surface area contributed by atoms with Crippen molar-refractivity contribution in [2.24, 2.45) is 0 Å². The van der Waals surface area contributed by atoms with Crippen molar-refractivity contribution in [1.29, 1.82) is 0 Å². The van der Waals surface area contributed by atoms with E-state index in [1.165, 1.54) is 9.87 Å². The van der Waals surface area contributed by atoms with E-state index in [0.29, 0.717) is 18.0 Å². The van der Waals surface area contributed by atoms with Crippen LogP contribution in [0, 0.1) is 0 Å². The molecule has 1 N–H and O–H groups in total. The zero-order valence-corrected chi connectivity index (χ0v) is 18.3. The summed E-state index contributed by atoms with van der Waals surface area (Å²) in [5, 5.41) is 3.48. The zero-order valence-electron chi connectivity index (χ0n) is 17.5. The third kappa shape index (κ3) is 5.80. The van der Waals surface area contributed by atoms with E-state index in [-0.39, 0.29) is 12.1 Å². The fraction of sp³-hybridized carbons (Fsp3) is 0.455. The SMILES string of the molecule is CCN(CC)S(=O)(=O)c1ccc(C(C)NCc2ccc(OC(C)C)cc2)cc1. The summed E-state index contributed by atoms with van der Waals surface area (Å²) in [5.41, 5.74) is 2.22. The van der Waals surface area contributed by atoms with Crippen molar-refractivity contribution in [3.63, 3.8) is 0 Å². The van der Waals surface area contributed by atoms with Gasteiger partial charge in [-0.3, -0.25) is 0 Å². The summed E-state index contributed by atoms with van der Waals surface area (Å²) in [6.07, 6.45) is 0.164. The quantitative estimate of drug-likeness (QED) is 0.639. The molecule has 1 unspecified atom stereocenters. The van der Waals surface area contributed by atoms with Crippen LogP contribution in [0.3, 0.4) is 0 Å². The molecular formula is C22H32N2O3S. The molecule has 0 aliphatic rings. The van der Waals surface area contributed by atoms with Crippen LogP contribution in [0.5, 0.6) is 5.75 Å². The minimum atomic E-state index is -3.41. The number of hydrogen-bond acceptors (Lipinski definition) is 4. The molecule has 0 bridgehead atoms. The third-order valence-corrected chi connectivity index (χ3v) is 6.69. The van der Waals surface area contributed by atoms with Gasteiger partial charge in [-0.2, -0.15) is 4.31 Å². The number of nitrogens with one attached hydrogen (secondary N) is 1. The van der Waals surface area contributed by atoms with Gasteiger partial charge in [-0.05, 0) is 56.2 Å². The average Bonchev–Trinajstić information content (AvgIpc) is 2.67. The molecule has 0 aromatic heterocycles. The van der Waals surface area contributed by atoms with Crippen LogP contribution < -0.4 is 10.1 Å². The van der Waals surface area contributed by atoms with E-state index in [0.717, 1.165) is 17.9 Å². The second kappa shape index (κ2) is 10.0. The van der Waals surface area contributed by atoms with E-state index in [2.05, 4.69) is 24.4 Å². The van der Waals surface area contributed by atoms with Gasteiger partial charge in [0.2, 0.25) is 10.0 Å². The molecule has 0 aliphatic heterocycles. The lowest BCUT2D eigenvalue weighted by molar-refractivity contribution is 0.242. The Morgan fingerprint density at radius 3 is 2.00 bits per heavy atom. The van der Waals surface area contributed by atoms with Crippen molar-refractivity contribution in [3.8, 4) is 5.75 Å². The Morgan fingerprint density at radius 2 is 1.50 bits per heavy atom. The van der Waals surface area contributed by atoms with Gasteiger partial charge >= 0.3 is 0 Å². The molecular weight excluding hydrogens is 372 g/mol. The largest absolute Gasteiger partial charge is 0.491 e. The number of hydrogen-bond donors (Lipinski definition) is 1. The van der Waals surface area contributed by atoms with Crippen LogP contribution in [-0.2, 0) is 16.6 Å². The van der Waals surface area contributed by atoms with Gasteiger partial charge in [-0.15, -0.1) is 0 Å². The second-order valence-electron chi connectivity index (χ2n) is 7.07. The fourth-order valence-corrected chi connectivity index (χ4v) is 4.45. The maximum absolute atomic E-state index is 12.6. The highest BCUT2D eigenvalue weighted by molar-refractivity contribution is 7.89. The summed E-state index contributed by atoms with van der Waals surface area (Å²) in [5.74, 6) is 0.872. The van der Waals surface area contributed by atoms with E-state index < -0.39 is 10.0 Å². The first-order valence-electron chi connectivity index (χ1n) is 9.87. The Morgan fingerprint density at radius 1 is 0.929 bits per heavy atom.